The van der Waals surface area contributed by atoms with Crippen LogP contribution in [0.1, 0.15) is 0 Å². The molecule has 0 bridgehead atoms. The Hall–Kier alpha value is -6.00. The Morgan fingerprint density at radius 1 is 0.409 bits per heavy atom. The molecule has 7 aromatic carbocycles. The van der Waals surface area contributed by atoms with Gasteiger partial charge in [-0.3, -0.25) is 10.1 Å². The third kappa shape index (κ3) is 5.21. The Labute approximate surface area is 256 Å². The minimum Gasteiger partial charge on any atom is -0.310 e. The smallest absolute Gasteiger partial charge is 0.269 e. The summed E-state index contributed by atoms with van der Waals surface area (Å²) in [4.78, 5) is 13.2. The van der Waals surface area contributed by atoms with Crippen molar-refractivity contribution in [2.24, 2.45) is 0 Å². The van der Waals surface area contributed by atoms with E-state index in [1.54, 1.807) is 12.1 Å². The zero-order valence-electron chi connectivity index (χ0n) is 23.9. The lowest BCUT2D eigenvalue weighted by atomic mass is 9.96. The number of hydrogen-bond donors (Lipinski definition) is 0. The van der Waals surface area contributed by atoms with Crippen molar-refractivity contribution in [3.8, 4) is 33.4 Å². The molecule has 0 N–H and O–H groups in total. The van der Waals surface area contributed by atoms with Crippen molar-refractivity contribution in [1.29, 1.82) is 0 Å². The molecule has 0 atom stereocenters. The highest BCUT2D eigenvalue weighted by Gasteiger charge is 2.18. The molecule has 0 aliphatic rings. The first-order chi connectivity index (χ1) is 21.7. The predicted molar refractivity (Wildman–Crippen MR) is 182 cm³/mol. The standard InChI is InChI=1S/C40H28N2O2/c43-42(44)36-25-19-33(20-26-36)37-27-28-40(39-14-8-7-13-38(37)39)41(34-21-15-31(16-22-34)29-9-3-1-4-10-29)35-23-17-32(18-24-35)30-11-5-2-6-12-30/h1-28H. The van der Waals surface area contributed by atoms with Gasteiger partial charge in [0.1, 0.15) is 0 Å². The molecule has 44 heavy (non-hydrogen) atoms. The molecule has 0 heterocycles. The van der Waals surface area contributed by atoms with Crippen molar-refractivity contribution < 1.29 is 4.92 Å². The van der Waals surface area contributed by atoms with E-state index in [1.165, 1.54) is 11.1 Å². The van der Waals surface area contributed by atoms with E-state index in [0.717, 1.165) is 50.1 Å². The van der Waals surface area contributed by atoms with Crippen LogP contribution in [-0.2, 0) is 0 Å². The lowest BCUT2D eigenvalue weighted by Gasteiger charge is -2.28. The minimum atomic E-state index is -0.366. The zero-order valence-corrected chi connectivity index (χ0v) is 23.9. The molecular weight excluding hydrogens is 540 g/mol. The van der Waals surface area contributed by atoms with Gasteiger partial charge in [-0.15, -0.1) is 0 Å². The van der Waals surface area contributed by atoms with Crippen LogP contribution in [0, 0.1) is 10.1 Å². The van der Waals surface area contributed by atoms with Crippen LogP contribution in [0.25, 0.3) is 44.2 Å². The monoisotopic (exact) mass is 568 g/mol. The van der Waals surface area contributed by atoms with E-state index >= 15 is 0 Å². The SMILES string of the molecule is O=[N+]([O-])c1ccc(-c2ccc(N(c3ccc(-c4ccccc4)cc3)c3ccc(-c4ccccc4)cc3)c3ccccc23)cc1. The number of anilines is 3. The Morgan fingerprint density at radius 2 is 0.841 bits per heavy atom. The largest absolute Gasteiger partial charge is 0.310 e. The van der Waals surface area contributed by atoms with Crippen molar-refractivity contribution in [2.45, 2.75) is 0 Å². The third-order valence-corrected chi connectivity index (χ3v) is 8.00. The number of non-ortho nitro benzene ring substituents is 1. The summed E-state index contributed by atoms with van der Waals surface area (Å²) in [6.45, 7) is 0. The molecule has 0 unspecified atom stereocenters. The first-order valence-corrected chi connectivity index (χ1v) is 14.5. The summed E-state index contributed by atoms with van der Waals surface area (Å²) in [5.41, 5.74) is 9.86. The topological polar surface area (TPSA) is 46.4 Å². The summed E-state index contributed by atoms with van der Waals surface area (Å²) in [6, 6.07) is 57.5. The maximum atomic E-state index is 11.3. The molecule has 0 spiro atoms. The molecule has 0 saturated heterocycles. The highest BCUT2D eigenvalue weighted by molar-refractivity contribution is 6.06. The third-order valence-electron chi connectivity index (χ3n) is 8.00. The highest BCUT2D eigenvalue weighted by Crippen LogP contribution is 2.42. The van der Waals surface area contributed by atoms with Gasteiger partial charge in [-0.05, 0) is 81.2 Å². The van der Waals surface area contributed by atoms with E-state index in [4.69, 9.17) is 0 Å². The van der Waals surface area contributed by atoms with Crippen molar-refractivity contribution in [2.75, 3.05) is 4.90 Å². The van der Waals surface area contributed by atoms with Crippen molar-refractivity contribution >= 4 is 33.5 Å². The number of hydrogen-bond acceptors (Lipinski definition) is 3. The number of rotatable bonds is 7. The first kappa shape index (κ1) is 26.9. The van der Waals surface area contributed by atoms with E-state index < -0.39 is 0 Å². The fraction of sp³-hybridized carbons (Fsp3) is 0. The predicted octanol–water partition coefficient (Wildman–Crippen LogP) is 11.2. The molecule has 0 radical (unpaired) electrons. The summed E-state index contributed by atoms with van der Waals surface area (Å²) >= 11 is 0. The Balaban J connectivity index is 1.37. The van der Waals surface area contributed by atoms with Gasteiger partial charge in [0.25, 0.3) is 5.69 Å². The van der Waals surface area contributed by atoms with E-state index in [-0.39, 0.29) is 10.6 Å². The van der Waals surface area contributed by atoms with Crippen molar-refractivity contribution in [3.05, 3.63) is 180 Å². The van der Waals surface area contributed by atoms with E-state index in [9.17, 15) is 10.1 Å². The second kappa shape index (κ2) is 11.7. The number of benzene rings is 7. The lowest BCUT2D eigenvalue weighted by molar-refractivity contribution is -0.384. The van der Waals surface area contributed by atoms with Crippen molar-refractivity contribution in [3.63, 3.8) is 0 Å². The summed E-state index contributed by atoms with van der Waals surface area (Å²) in [6.07, 6.45) is 0. The Bertz CT molecular complexity index is 1970. The highest BCUT2D eigenvalue weighted by atomic mass is 16.6. The maximum absolute atomic E-state index is 11.3. The van der Waals surface area contributed by atoms with Gasteiger partial charge < -0.3 is 4.90 Å². The maximum Gasteiger partial charge on any atom is 0.269 e. The number of nitro groups is 1. The van der Waals surface area contributed by atoms with Gasteiger partial charge in [0.15, 0.2) is 0 Å². The van der Waals surface area contributed by atoms with Gasteiger partial charge in [0, 0.05) is 28.9 Å². The van der Waals surface area contributed by atoms with Gasteiger partial charge in [-0.1, -0.05) is 115 Å². The molecular formula is C40H28N2O2. The number of nitro benzene ring substituents is 1. The normalized spacial score (nSPS) is 10.9. The zero-order chi connectivity index (χ0) is 29.9. The molecule has 0 aromatic heterocycles. The molecule has 0 aliphatic heterocycles. The van der Waals surface area contributed by atoms with Crippen LogP contribution in [0.2, 0.25) is 0 Å². The molecule has 0 saturated carbocycles. The number of nitrogens with zero attached hydrogens (tertiary/aromatic N) is 2. The quantitative estimate of drug-likeness (QED) is 0.142. The first-order valence-electron chi connectivity index (χ1n) is 14.5. The van der Waals surface area contributed by atoms with Crippen LogP contribution in [0.15, 0.2) is 170 Å². The van der Waals surface area contributed by atoms with E-state index in [0.29, 0.717) is 0 Å². The second-order valence-corrected chi connectivity index (χ2v) is 10.6. The molecule has 0 fully saturated rings. The van der Waals surface area contributed by atoms with E-state index in [2.05, 4.69) is 132 Å². The van der Waals surface area contributed by atoms with E-state index in [1.807, 2.05) is 30.3 Å². The molecule has 4 heteroatoms. The second-order valence-electron chi connectivity index (χ2n) is 10.6. The molecule has 7 aromatic rings. The summed E-state index contributed by atoms with van der Waals surface area (Å²) in [7, 11) is 0. The van der Waals surface area contributed by atoms with Crippen molar-refractivity contribution in [1.82, 2.24) is 0 Å². The lowest BCUT2D eigenvalue weighted by Crippen LogP contribution is -2.10. The molecule has 7 rings (SSSR count). The van der Waals surface area contributed by atoms with Gasteiger partial charge in [0.2, 0.25) is 0 Å². The molecule has 210 valence electrons. The summed E-state index contributed by atoms with van der Waals surface area (Å²) < 4.78 is 0. The van der Waals surface area contributed by atoms with Crippen LogP contribution >= 0.6 is 0 Å². The van der Waals surface area contributed by atoms with Crippen LogP contribution < -0.4 is 4.90 Å². The minimum absolute atomic E-state index is 0.0822. The number of fused-ring (bicyclic) bond motifs is 1. The average molecular weight is 569 g/mol. The Kier molecular flexibility index (Phi) is 7.15. The Morgan fingerprint density at radius 3 is 1.34 bits per heavy atom. The van der Waals surface area contributed by atoms with Gasteiger partial charge in [-0.25, -0.2) is 0 Å². The summed E-state index contributed by atoms with van der Waals surface area (Å²) in [5, 5.41) is 13.4. The van der Waals surface area contributed by atoms with Crippen LogP contribution in [-0.4, -0.2) is 4.92 Å². The van der Waals surface area contributed by atoms with Gasteiger partial charge in [-0.2, -0.15) is 0 Å². The molecule has 0 amide bonds. The van der Waals surface area contributed by atoms with Gasteiger partial charge in [0.05, 0.1) is 10.6 Å². The van der Waals surface area contributed by atoms with Crippen LogP contribution in [0.3, 0.4) is 0 Å². The average Bonchev–Trinajstić information content (AvgIpc) is 3.10. The summed E-state index contributed by atoms with van der Waals surface area (Å²) in [5.74, 6) is 0. The molecule has 4 nitrogen and oxygen atoms in total. The fourth-order valence-corrected chi connectivity index (χ4v) is 5.79. The van der Waals surface area contributed by atoms with Crippen LogP contribution in [0.4, 0.5) is 22.7 Å². The van der Waals surface area contributed by atoms with Gasteiger partial charge >= 0.3 is 0 Å². The fourth-order valence-electron chi connectivity index (χ4n) is 5.79. The molecule has 0 aliphatic carbocycles. The van der Waals surface area contributed by atoms with Crippen LogP contribution in [0.5, 0.6) is 0 Å².